The lowest BCUT2D eigenvalue weighted by Crippen LogP contribution is -2.00. The monoisotopic (exact) mass is 250 g/mol. The Morgan fingerprint density at radius 3 is 3.00 bits per heavy atom. The number of benzene rings is 1. The highest BCUT2D eigenvalue weighted by molar-refractivity contribution is 9.11. The number of anilines is 1. The van der Waals surface area contributed by atoms with Gasteiger partial charge >= 0.3 is 0 Å². The number of rotatable bonds is 4. The smallest absolute Gasteiger partial charge is 0.0669 e. The van der Waals surface area contributed by atoms with Crippen LogP contribution in [-0.2, 0) is 6.42 Å². The minimum absolute atomic E-state index is 0.449. The predicted octanol–water partition coefficient (Wildman–Crippen LogP) is 3.07. The van der Waals surface area contributed by atoms with E-state index in [0.717, 1.165) is 15.7 Å². The van der Waals surface area contributed by atoms with Gasteiger partial charge in [-0.05, 0) is 17.7 Å². The maximum atomic E-state index is 8.54. The molecule has 1 N–H and O–H groups in total. The number of halogens is 1. The standard InChI is InChI=1S/C11H11BrN2/c1-9(12)8-14-11-4-2-3-10(7-11)5-6-13/h2-4,7,14H,1,5,8H2. The molecule has 0 aromatic heterocycles. The summed E-state index contributed by atoms with van der Waals surface area (Å²) in [6, 6.07) is 9.94. The second-order valence-corrected chi connectivity index (χ2v) is 4.03. The van der Waals surface area contributed by atoms with Crippen LogP contribution in [-0.4, -0.2) is 6.54 Å². The summed E-state index contributed by atoms with van der Waals surface area (Å²) in [5, 5.41) is 11.7. The molecule has 0 aliphatic rings. The summed E-state index contributed by atoms with van der Waals surface area (Å²) in [5.74, 6) is 0. The molecule has 0 saturated heterocycles. The first-order valence-electron chi connectivity index (χ1n) is 4.25. The molecule has 1 rings (SSSR count). The minimum atomic E-state index is 0.449. The van der Waals surface area contributed by atoms with Gasteiger partial charge in [-0.25, -0.2) is 0 Å². The Morgan fingerprint density at radius 1 is 1.57 bits per heavy atom. The summed E-state index contributed by atoms with van der Waals surface area (Å²) < 4.78 is 0.906. The normalized spacial score (nSPS) is 9.14. The van der Waals surface area contributed by atoms with Crippen molar-refractivity contribution in [1.29, 1.82) is 5.26 Å². The van der Waals surface area contributed by atoms with Gasteiger partial charge in [-0.3, -0.25) is 0 Å². The Balaban J connectivity index is 2.64. The molecule has 3 heteroatoms. The van der Waals surface area contributed by atoms with Gasteiger partial charge < -0.3 is 5.32 Å². The molecule has 0 bridgehead atoms. The Hall–Kier alpha value is -1.27. The average Bonchev–Trinajstić information content (AvgIpc) is 2.16. The van der Waals surface area contributed by atoms with E-state index in [1.54, 1.807) is 0 Å². The molecule has 0 radical (unpaired) electrons. The lowest BCUT2D eigenvalue weighted by molar-refractivity contribution is 1.25. The fourth-order valence-corrected chi connectivity index (χ4v) is 1.22. The van der Waals surface area contributed by atoms with Gasteiger partial charge in [-0.1, -0.05) is 34.6 Å². The van der Waals surface area contributed by atoms with Crippen LogP contribution in [0.25, 0.3) is 0 Å². The van der Waals surface area contributed by atoms with E-state index in [-0.39, 0.29) is 0 Å². The largest absolute Gasteiger partial charge is 0.380 e. The Kier molecular flexibility index (Phi) is 4.21. The van der Waals surface area contributed by atoms with Crippen LogP contribution in [0, 0.1) is 11.3 Å². The highest BCUT2D eigenvalue weighted by Gasteiger charge is 1.95. The van der Waals surface area contributed by atoms with Gasteiger partial charge in [0.25, 0.3) is 0 Å². The quantitative estimate of drug-likeness (QED) is 0.892. The van der Waals surface area contributed by atoms with Crippen LogP contribution in [0.1, 0.15) is 5.56 Å². The van der Waals surface area contributed by atoms with E-state index in [1.165, 1.54) is 0 Å². The molecule has 72 valence electrons. The summed E-state index contributed by atoms with van der Waals surface area (Å²) in [7, 11) is 0. The molecule has 0 amide bonds. The third-order valence-electron chi connectivity index (χ3n) is 1.69. The summed E-state index contributed by atoms with van der Waals surface area (Å²) in [6.45, 7) is 4.42. The Bertz CT molecular complexity index is 366. The first-order chi connectivity index (χ1) is 6.72. The van der Waals surface area contributed by atoms with Crippen molar-refractivity contribution in [2.45, 2.75) is 6.42 Å². The predicted molar refractivity (Wildman–Crippen MR) is 62.3 cm³/mol. The number of hydrogen-bond acceptors (Lipinski definition) is 2. The third-order valence-corrected chi connectivity index (χ3v) is 1.97. The molecule has 14 heavy (non-hydrogen) atoms. The molecule has 1 aromatic carbocycles. The van der Waals surface area contributed by atoms with Crippen LogP contribution >= 0.6 is 15.9 Å². The zero-order valence-corrected chi connectivity index (χ0v) is 9.34. The number of hydrogen-bond donors (Lipinski definition) is 1. The van der Waals surface area contributed by atoms with Gasteiger partial charge in [-0.2, -0.15) is 5.26 Å². The van der Waals surface area contributed by atoms with Gasteiger partial charge in [0.1, 0.15) is 0 Å². The summed E-state index contributed by atoms with van der Waals surface area (Å²) in [4.78, 5) is 0. The molecule has 0 saturated carbocycles. The number of nitrogens with zero attached hydrogens (tertiary/aromatic N) is 1. The Morgan fingerprint density at radius 2 is 2.36 bits per heavy atom. The third kappa shape index (κ3) is 3.63. The SMILES string of the molecule is C=C(Br)CNc1cccc(CC#N)c1. The summed E-state index contributed by atoms with van der Waals surface area (Å²) >= 11 is 3.27. The topological polar surface area (TPSA) is 35.8 Å². The van der Waals surface area contributed by atoms with Crippen molar-refractivity contribution in [1.82, 2.24) is 0 Å². The molecule has 0 fully saturated rings. The summed E-state index contributed by atoms with van der Waals surface area (Å²) in [6.07, 6.45) is 0.449. The molecule has 0 spiro atoms. The van der Waals surface area contributed by atoms with Crippen LogP contribution in [0.15, 0.2) is 35.3 Å². The maximum absolute atomic E-state index is 8.54. The van der Waals surface area contributed by atoms with Gasteiger partial charge in [-0.15, -0.1) is 0 Å². The maximum Gasteiger partial charge on any atom is 0.0669 e. The molecular weight excluding hydrogens is 240 g/mol. The van der Waals surface area contributed by atoms with Crippen molar-refractivity contribution < 1.29 is 0 Å². The zero-order valence-electron chi connectivity index (χ0n) is 7.76. The van der Waals surface area contributed by atoms with Crippen LogP contribution in [0.2, 0.25) is 0 Å². The van der Waals surface area contributed by atoms with Gasteiger partial charge in [0.05, 0.1) is 12.5 Å². The van der Waals surface area contributed by atoms with Gasteiger partial charge in [0.2, 0.25) is 0 Å². The van der Waals surface area contributed by atoms with Crippen molar-refractivity contribution in [3.8, 4) is 6.07 Å². The second-order valence-electron chi connectivity index (χ2n) is 2.91. The van der Waals surface area contributed by atoms with Crippen LogP contribution in [0.4, 0.5) is 5.69 Å². The van der Waals surface area contributed by atoms with Crippen LogP contribution < -0.4 is 5.32 Å². The molecule has 0 atom stereocenters. The average molecular weight is 251 g/mol. The molecule has 0 aliphatic heterocycles. The fourth-order valence-electron chi connectivity index (χ4n) is 1.08. The van der Waals surface area contributed by atoms with Crippen molar-refractivity contribution in [3.05, 3.63) is 40.9 Å². The number of nitrogens with one attached hydrogen (secondary N) is 1. The number of nitriles is 1. The Labute approximate surface area is 92.4 Å². The molecule has 2 nitrogen and oxygen atoms in total. The van der Waals surface area contributed by atoms with E-state index in [2.05, 4.69) is 33.9 Å². The van der Waals surface area contributed by atoms with E-state index in [0.29, 0.717) is 13.0 Å². The molecule has 1 aromatic rings. The zero-order chi connectivity index (χ0) is 10.4. The van der Waals surface area contributed by atoms with Crippen molar-refractivity contribution >= 4 is 21.6 Å². The first kappa shape index (κ1) is 10.8. The van der Waals surface area contributed by atoms with Crippen LogP contribution in [0.5, 0.6) is 0 Å². The van der Waals surface area contributed by atoms with Crippen LogP contribution in [0.3, 0.4) is 0 Å². The highest BCUT2D eigenvalue weighted by atomic mass is 79.9. The minimum Gasteiger partial charge on any atom is -0.380 e. The first-order valence-corrected chi connectivity index (χ1v) is 5.04. The fraction of sp³-hybridized carbons (Fsp3) is 0.182. The van der Waals surface area contributed by atoms with Gasteiger partial charge in [0.15, 0.2) is 0 Å². The lowest BCUT2D eigenvalue weighted by Gasteiger charge is -2.05. The molecule has 0 heterocycles. The molecular formula is C11H11BrN2. The molecule has 0 unspecified atom stereocenters. The lowest BCUT2D eigenvalue weighted by atomic mass is 10.1. The van der Waals surface area contributed by atoms with Gasteiger partial charge in [0, 0.05) is 16.7 Å². The van der Waals surface area contributed by atoms with Crippen molar-refractivity contribution in [2.75, 3.05) is 11.9 Å². The van der Waals surface area contributed by atoms with E-state index in [4.69, 9.17) is 5.26 Å². The van der Waals surface area contributed by atoms with E-state index < -0.39 is 0 Å². The molecule has 0 aliphatic carbocycles. The van der Waals surface area contributed by atoms with E-state index in [1.807, 2.05) is 24.3 Å². The van der Waals surface area contributed by atoms with E-state index in [9.17, 15) is 0 Å². The van der Waals surface area contributed by atoms with Crippen molar-refractivity contribution in [2.24, 2.45) is 0 Å². The second kappa shape index (κ2) is 5.46. The van der Waals surface area contributed by atoms with Crippen molar-refractivity contribution in [3.63, 3.8) is 0 Å². The summed E-state index contributed by atoms with van der Waals surface area (Å²) in [5.41, 5.74) is 2.04. The highest BCUT2D eigenvalue weighted by Crippen LogP contribution is 2.12. The van der Waals surface area contributed by atoms with E-state index >= 15 is 0 Å².